The molecular weight excluding hydrogens is 234 g/mol. The Bertz CT molecular complexity index is 426. The number of hydrogen-bond donors (Lipinski definition) is 1. The van der Waals surface area contributed by atoms with Crippen molar-refractivity contribution < 1.29 is 14.7 Å². The Kier molecular flexibility index (Phi) is 4.88. The molecule has 1 N–H and O–H groups in total. The van der Waals surface area contributed by atoms with Crippen molar-refractivity contribution in [3.05, 3.63) is 18.2 Å². The van der Waals surface area contributed by atoms with Crippen molar-refractivity contribution >= 4 is 11.9 Å². The molecule has 0 atom stereocenters. The molecule has 100 valence electrons. The van der Waals surface area contributed by atoms with Crippen LogP contribution < -0.4 is 0 Å². The number of nitrogens with zero attached hydrogens (tertiary/aromatic N) is 3. The summed E-state index contributed by atoms with van der Waals surface area (Å²) in [6.07, 6.45) is 3.33. The monoisotopic (exact) mass is 253 g/mol. The summed E-state index contributed by atoms with van der Waals surface area (Å²) in [5.74, 6) is -0.223. The fraction of sp³-hybridized carbons (Fsp3) is 0.583. The molecular formula is C12H19N3O3. The molecule has 1 rings (SSSR count). The highest BCUT2D eigenvalue weighted by Crippen LogP contribution is 2.03. The lowest BCUT2D eigenvalue weighted by Crippen LogP contribution is -2.40. The van der Waals surface area contributed by atoms with Crippen molar-refractivity contribution in [2.24, 2.45) is 5.92 Å². The van der Waals surface area contributed by atoms with E-state index in [1.165, 1.54) is 4.90 Å². The van der Waals surface area contributed by atoms with Crippen LogP contribution in [0.4, 0.5) is 0 Å². The van der Waals surface area contributed by atoms with Gasteiger partial charge < -0.3 is 14.6 Å². The highest BCUT2D eigenvalue weighted by Gasteiger charge is 2.18. The average Bonchev–Trinajstić information content (AvgIpc) is 2.62. The smallest absolute Gasteiger partial charge is 0.323 e. The van der Waals surface area contributed by atoms with Crippen LogP contribution >= 0.6 is 0 Å². The molecule has 0 aliphatic rings. The van der Waals surface area contributed by atoms with Gasteiger partial charge in [-0.05, 0) is 12.8 Å². The van der Waals surface area contributed by atoms with Crippen LogP contribution in [0.1, 0.15) is 19.7 Å². The van der Waals surface area contributed by atoms with E-state index >= 15 is 0 Å². The number of carbonyl (C=O) groups is 2. The van der Waals surface area contributed by atoms with Gasteiger partial charge in [0.05, 0.1) is 0 Å². The van der Waals surface area contributed by atoms with Gasteiger partial charge in [0.1, 0.15) is 18.9 Å². The summed E-state index contributed by atoms with van der Waals surface area (Å²) in [4.78, 5) is 28.2. The van der Waals surface area contributed by atoms with Gasteiger partial charge in [-0.2, -0.15) is 0 Å². The van der Waals surface area contributed by atoms with Crippen LogP contribution in [0.15, 0.2) is 12.4 Å². The molecule has 0 aromatic carbocycles. The molecule has 0 aliphatic heterocycles. The van der Waals surface area contributed by atoms with Crippen molar-refractivity contribution in [3.63, 3.8) is 0 Å². The van der Waals surface area contributed by atoms with Crippen molar-refractivity contribution in [1.29, 1.82) is 0 Å². The minimum Gasteiger partial charge on any atom is -0.480 e. The van der Waals surface area contributed by atoms with E-state index in [1.54, 1.807) is 23.9 Å². The minimum absolute atomic E-state index is 0.131. The maximum atomic E-state index is 12.0. The van der Waals surface area contributed by atoms with E-state index in [0.717, 1.165) is 5.82 Å². The molecule has 0 bridgehead atoms. The average molecular weight is 253 g/mol. The van der Waals surface area contributed by atoms with Gasteiger partial charge in [0.25, 0.3) is 0 Å². The fourth-order valence-electron chi connectivity index (χ4n) is 1.68. The van der Waals surface area contributed by atoms with Crippen LogP contribution in [0.2, 0.25) is 0 Å². The standard InChI is InChI=1S/C12H19N3O3/c1-9(2)6-15(8-12(17)18)11(16)7-14-5-4-13-10(14)3/h4-5,9H,6-8H2,1-3H3,(H,17,18). The topological polar surface area (TPSA) is 75.4 Å². The second-order valence-electron chi connectivity index (χ2n) is 4.66. The number of carboxylic acids is 1. The van der Waals surface area contributed by atoms with E-state index < -0.39 is 5.97 Å². The lowest BCUT2D eigenvalue weighted by atomic mass is 10.2. The Balaban J connectivity index is 2.69. The van der Waals surface area contributed by atoms with E-state index in [9.17, 15) is 9.59 Å². The zero-order valence-corrected chi connectivity index (χ0v) is 11.0. The van der Waals surface area contributed by atoms with Crippen LogP contribution in [-0.4, -0.2) is 44.5 Å². The van der Waals surface area contributed by atoms with E-state index in [-0.39, 0.29) is 24.9 Å². The Hall–Kier alpha value is -1.85. The third-order valence-electron chi connectivity index (χ3n) is 2.49. The van der Waals surface area contributed by atoms with Gasteiger partial charge in [0, 0.05) is 18.9 Å². The van der Waals surface area contributed by atoms with Crippen molar-refractivity contribution in [2.75, 3.05) is 13.1 Å². The highest BCUT2D eigenvalue weighted by molar-refractivity contribution is 5.81. The Morgan fingerprint density at radius 2 is 2.17 bits per heavy atom. The van der Waals surface area contributed by atoms with Crippen LogP contribution in [0.25, 0.3) is 0 Å². The molecule has 1 heterocycles. The Labute approximate surface area is 106 Å². The molecule has 0 spiro atoms. The van der Waals surface area contributed by atoms with Gasteiger partial charge in [-0.3, -0.25) is 9.59 Å². The van der Waals surface area contributed by atoms with Crippen LogP contribution in [-0.2, 0) is 16.1 Å². The summed E-state index contributed by atoms with van der Waals surface area (Å²) < 4.78 is 1.71. The zero-order valence-electron chi connectivity index (χ0n) is 11.0. The number of aromatic nitrogens is 2. The third-order valence-corrected chi connectivity index (χ3v) is 2.49. The Morgan fingerprint density at radius 3 is 2.61 bits per heavy atom. The number of carboxylic acid groups (broad SMARTS) is 1. The summed E-state index contributed by atoms with van der Waals surface area (Å²) in [5, 5.41) is 8.81. The van der Waals surface area contributed by atoms with Gasteiger partial charge in [0.2, 0.25) is 5.91 Å². The normalized spacial score (nSPS) is 10.7. The number of carbonyl (C=O) groups excluding carboxylic acids is 1. The van der Waals surface area contributed by atoms with Crippen LogP contribution in [0.5, 0.6) is 0 Å². The maximum absolute atomic E-state index is 12.0. The van der Waals surface area contributed by atoms with E-state index in [4.69, 9.17) is 5.11 Å². The first-order valence-corrected chi connectivity index (χ1v) is 5.87. The molecule has 0 saturated heterocycles. The van der Waals surface area contributed by atoms with Crippen molar-refractivity contribution in [2.45, 2.75) is 27.3 Å². The van der Waals surface area contributed by atoms with Gasteiger partial charge in [-0.25, -0.2) is 4.98 Å². The quantitative estimate of drug-likeness (QED) is 0.812. The molecule has 0 unspecified atom stereocenters. The third kappa shape index (κ3) is 4.20. The van der Waals surface area contributed by atoms with Crippen LogP contribution in [0, 0.1) is 12.8 Å². The van der Waals surface area contributed by atoms with Crippen LogP contribution in [0.3, 0.4) is 0 Å². The molecule has 1 aromatic rings. The van der Waals surface area contributed by atoms with Crippen molar-refractivity contribution in [1.82, 2.24) is 14.5 Å². The van der Waals surface area contributed by atoms with Gasteiger partial charge >= 0.3 is 5.97 Å². The number of hydrogen-bond acceptors (Lipinski definition) is 3. The molecule has 1 aromatic heterocycles. The zero-order chi connectivity index (χ0) is 13.7. The number of aliphatic carboxylic acids is 1. The molecule has 6 nitrogen and oxygen atoms in total. The van der Waals surface area contributed by atoms with Crippen molar-refractivity contribution in [3.8, 4) is 0 Å². The highest BCUT2D eigenvalue weighted by atomic mass is 16.4. The fourth-order valence-corrected chi connectivity index (χ4v) is 1.68. The van der Waals surface area contributed by atoms with Gasteiger partial charge in [-0.1, -0.05) is 13.8 Å². The molecule has 1 amide bonds. The molecule has 18 heavy (non-hydrogen) atoms. The van der Waals surface area contributed by atoms with E-state index in [1.807, 2.05) is 13.8 Å². The summed E-state index contributed by atoms with van der Waals surface area (Å²) in [5.41, 5.74) is 0. The summed E-state index contributed by atoms with van der Waals surface area (Å²) in [6, 6.07) is 0. The lowest BCUT2D eigenvalue weighted by Gasteiger charge is -2.23. The second-order valence-corrected chi connectivity index (χ2v) is 4.66. The number of aryl methyl sites for hydroxylation is 1. The second kappa shape index (κ2) is 6.18. The molecule has 0 saturated carbocycles. The number of amides is 1. The first kappa shape index (κ1) is 14.2. The summed E-state index contributed by atoms with van der Waals surface area (Å²) in [6.45, 7) is 6.02. The SMILES string of the molecule is Cc1nccn1CC(=O)N(CC(=O)O)CC(C)C. The summed E-state index contributed by atoms with van der Waals surface area (Å²) in [7, 11) is 0. The number of imidazole rings is 1. The van der Waals surface area contributed by atoms with E-state index in [2.05, 4.69) is 4.98 Å². The molecule has 0 radical (unpaired) electrons. The predicted octanol–water partition coefficient (Wildman–Crippen LogP) is 0.761. The first-order valence-electron chi connectivity index (χ1n) is 5.87. The number of rotatable bonds is 6. The lowest BCUT2D eigenvalue weighted by molar-refractivity contribution is -0.145. The Morgan fingerprint density at radius 1 is 1.50 bits per heavy atom. The predicted molar refractivity (Wildman–Crippen MR) is 66.0 cm³/mol. The van der Waals surface area contributed by atoms with Gasteiger partial charge in [-0.15, -0.1) is 0 Å². The first-order chi connectivity index (χ1) is 8.40. The molecule has 0 fully saturated rings. The summed E-state index contributed by atoms with van der Waals surface area (Å²) >= 11 is 0. The molecule has 6 heteroatoms. The maximum Gasteiger partial charge on any atom is 0.323 e. The minimum atomic E-state index is -0.994. The molecule has 0 aliphatic carbocycles. The largest absolute Gasteiger partial charge is 0.480 e. The van der Waals surface area contributed by atoms with E-state index in [0.29, 0.717) is 6.54 Å². The van der Waals surface area contributed by atoms with Gasteiger partial charge in [0.15, 0.2) is 0 Å².